The van der Waals surface area contributed by atoms with Crippen LogP contribution in [0.5, 0.6) is 0 Å². The highest BCUT2D eigenvalue weighted by atomic mass is 127. The van der Waals surface area contributed by atoms with E-state index >= 15 is 0 Å². The number of nitrogen functional groups attached to an aromatic ring is 3. The van der Waals surface area contributed by atoms with E-state index in [1.165, 1.54) is 16.7 Å². The van der Waals surface area contributed by atoms with Crippen molar-refractivity contribution in [2.24, 2.45) is 0 Å². The number of halogens is 2. The molecular formula is C19H17I2N3. The van der Waals surface area contributed by atoms with Gasteiger partial charge in [0.05, 0.1) is 0 Å². The maximum atomic E-state index is 5.94. The zero-order valence-corrected chi connectivity index (χ0v) is 17.2. The SMILES string of the molecule is Nc1ccc(C(c2ccc(N)cc2I)c2ccc(N)cc2I)cc1. The Labute approximate surface area is 168 Å². The summed E-state index contributed by atoms with van der Waals surface area (Å²) >= 11 is 4.70. The van der Waals surface area contributed by atoms with E-state index < -0.39 is 0 Å². The number of benzene rings is 3. The molecule has 0 atom stereocenters. The van der Waals surface area contributed by atoms with Gasteiger partial charge in [0.25, 0.3) is 0 Å². The maximum absolute atomic E-state index is 5.94. The minimum Gasteiger partial charge on any atom is -0.399 e. The van der Waals surface area contributed by atoms with Gasteiger partial charge in [0, 0.05) is 30.1 Å². The predicted molar refractivity (Wildman–Crippen MR) is 119 cm³/mol. The smallest absolute Gasteiger partial charge is 0.0361 e. The van der Waals surface area contributed by atoms with Crippen molar-refractivity contribution in [2.45, 2.75) is 5.92 Å². The van der Waals surface area contributed by atoms with Crippen molar-refractivity contribution in [2.75, 3.05) is 17.2 Å². The average molecular weight is 541 g/mol. The first kappa shape index (κ1) is 17.3. The Kier molecular flexibility index (Phi) is 5.19. The highest BCUT2D eigenvalue weighted by Crippen LogP contribution is 2.38. The second kappa shape index (κ2) is 7.18. The van der Waals surface area contributed by atoms with E-state index in [1.807, 2.05) is 36.4 Å². The molecule has 3 rings (SSSR count). The molecule has 0 unspecified atom stereocenters. The van der Waals surface area contributed by atoms with Crippen LogP contribution in [0, 0.1) is 7.14 Å². The molecule has 0 fully saturated rings. The van der Waals surface area contributed by atoms with Gasteiger partial charge < -0.3 is 17.2 Å². The van der Waals surface area contributed by atoms with Crippen LogP contribution in [-0.2, 0) is 0 Å². The van der Waals surface area contributed by atoms with Crippen molar-refractivity contribution >= 4 is 62.2 Å². The lowest BCUT2D eigenvalue weighted by Gasteiger charge is -2.22. The van der Waals surface area contributed by atoms with Gasteiger partial charge in [0.2, 0.25) is 0 Å². The minimum absolute atomic E-state index is 0.102. The molecular weight excluding hydrogens is 524 g/mol. The number of hydrogen-bond acceptors (Lipinski definition) is 3. The quantitative estimate of drug-likeness (QED) is 0.253. The van der Waals surface area contributed by atoms with Crippen molar-refractivity contribution in [3.05, 3.63) is 84.5 Å². The van der Waals surface area contributed by atoms with Gasteiger partial charge in [-0.15, -0.1) is 0 Å². The Morgan fingerprint density at radius 1 is 0.583 bits per heavy atom. The maximum Gasteiger partial charge on any atom is 0.0361 e. The van der Waals surface area contributed by atoms with Gasteiger partial charge in [-0.2, -0.15) is 0 Å². The molecule has 3 aromatic carbocycles. The molecule has 3 nitrogen and oxygen atoms in total. The van der Waals surface area contributed by atoms with Crippen LogP contribution >= 0.6 is 45.2 Å². The second-order valence-corrected chi connectivity index (χ2v) is 7.99. The van der Waals surface area contributed by atoms with Gasteiger partial charge in [-0.25, -0.2) is 0 Å². The van der Waals surface area contributed by atoms with Gasteiger partial charge in [-0.3, -0.25) is 0 Å². The monoisotopic (exact) mass is 541 g/mol. The average Bonchev–Trinajstić information content (AvgIpc) is 2.53. The summed E-state index contributed by atoms with van der Waals surface area (Å²) in [6, 6.07) is 20.2. The van der Waals surface area contributed by atoms with Gasteiger partial charge in [-0.05, 0) is 98.3 Å². The Bertz CT molecular complexity index is 825. The summed E-state index contributed by atoms with van der Waals surface area (Å²) in [6.45, 7) is 0. The molecule has 0 aliphatic carbocycles. The summed E-state index contributed by atoms with van der Waals surface area (Å²) in [5, 5.41) is 0. The second-order valence-electron chi connectivity index (χ2n) is 5.66. The molecule has 0 spiro atoms. The minimum atomic E-state index is 0.102. The zero-order chi connectivity index (χ0) is 17.3. The van der Waals surface area contributed by atoms with Gasteiger partial charge in [0.1, 0.15) is 0 Å². The Morgan fingerprint density at radius 2 is 1.00 bits per heavy atom. The Morgan fingerprint density at radius 3 is 1.42 bits per heavy atom. The number of anilines is 3. The van der Waals surface area contributed by atoms with Crippen molar-refractivity contribution < 1.29 is 0 Å². The van der Waals surface area contributed by atoms with Crippen LogP contribution in [0.2, 0.25) is 0 Å². The van der Waals surface area contributed by atoms with Crippen LogP contribution < -0.4 is 17.2 Å². The van der Waals surface area contributed by atoms with E-state index in [4.69, 9.17) is 17.2 Å². The topological polar surface area (TPSA) is 78.1 Å². The first-order valence-electron chi connectivity index (χ1n) is 7.41. The summed E-state index contributed by atoms with van der Waals surface area (Å²) in [4.78, 5) is 0. The first-order valence-corrected chi connectivity index (χ1v) is 9.56. The largest absolute Gasteiger partial charge is 0.399 e. The van der Waals surface area contributed by atoms with E-state index in [0.29, 0.717) is 0 Å². The van der Waals surface area contributed by atoms with E-state index in [0.717, 1.165) is 24.2 Å². The number of hydrogen-bond donors (Lipinski definition) is 3. The zero-order valence-electron chi connectivity index (χ0n) is 12.8. The summed E-state index contributed by atoms with van der Waals surface area (Å²) < 4.78 is 2.28. The summed E-state index contributed by atoms with van der Waals surface area (Å²) in [5.41, 5.74) is 23.7. The molecule has 0 heterocycles. The lowest BCUT2D eigenvalue weighted by atomic mass is 9.85. The molecule has 6 N–H and O–H groups in total. The number of rotatable bonds is 3. The van der Waals surface area contributed by atoms with Crippen LogP contribution in [0.1, 0.15) is 22.6 Å². The molecule has 0 aliphatic rings. The molecule has 0 aliphatic heterocycles. The molecule has 0 amide bonds. The Hall–Kier alpha value is -1.48. The highest BCUT2D eigenvalue weighted by Gasteiger charge is 2.21. The van der Waals surface area contributed by atoms with Crippen LogP contribution in [0.15, 0.2) is 60.7 Å². The van der Waals surface area contributed by atoms with Crippen LogP contribution in [0.25, 0.3) is 0 Å². The van der Waals surface area contributed by atoms with Crippen molar-refractivity contribution in [1.82, 2.24) is 0 Å². The van der Waals surface area contributed by atoms with Gasteiger partial charge in [-0.1, -0.05) is 24.3 Å². The van der Waals surface area contributed by atoms with Gasteiger partial charge >= 0.3 is 0 Å². The van der Waals surface area contributed by atoms with Crippen LogP contribution in [0.3, 0.4) is 0 Å². The van der Waals surface area contributed by atoms with Crippen LogP contribution in [-0.4, -0.2) is 0 Å². The lowest BCUT2D eigenvalue weighted by molar-refractivity contribution is 0.962. The van der Waals surface area contributed by atoms with Crippen molar-refractivity contribution in [3.8, 4) is 0 Å². The number of nitrogens with two attached hydrogens (primary N) is 3. The molecule has 0 saturated heterocycles. The third-order valence-electron chi connectivity index (χ3n) is 3.94. The molecule has 0 bridgehead atoms. The predicted octanol–water partition coefficient (Wildman–Crippen LogP) is 4.82. The summed E-state index contributed by atoms with van der Waals surface area (Å²) in [6.07, 6.45) is 0. The molecule has 0 aromatic heterocycles. The standard InChI is InChI=1S/C19H17I2N3/c20-17-9-13(23)5-7-15(17)19(11-1-3-12(22)4-2-11)16-8-6-14(24)10-18(16)21/h1-10,19H,22-24H2. The fourth-order valence-electron chi connectivity index (χ4n) is 2.77. The lowest BCUT2D eigenvalue weighted by Crippen LogP contribution is -2.08. The molecule has 3 aromatic rings. The van der Waals surface area contributed by atoms with E-state index in [2.05, 4.69) is 69.4 Å². The highest BCUT2D eigenvalue weighted by molar-refractivity contribution is 14.1. The molecule has 0 radical (unpaired) electrons. The summed E-state index contributed by atoms with van der Waals surface area (Å²) in [5.74, 6) is 0.102. The normalized spacial score (nSPS) is 11.0. The summed E-state index contributed by atoms with van der Waals surface area (Å²) in [7, 11) is 0. The van der Waals surface area contributed by atoms with Gasteiger partial charge in [0.15, 0.2) is 0 Å². The molecule has 122 valence electrons. The fraction of sp³-hybridized carbons (Fsp3) is 0.0526. The third-order valence-corrected chi connectivity index (χ3v) is 5.81. The van der Waals surface area contributed by atoms with E-state index in [9.17, 15) is 0 Å². The van der Waals surface area contributed by atoms with E-state index in [1.54, 1.807) is 0 Å². The molecule has 0 saturated carbocycles. The van der Waals surface area contributed by atoms with Crippen molar-refractivity contribution in [3.63, 3.8) is 0 Å². The fourth-order valence-corrected chi connectivity index (χ4v) is 4.47. The van der Waals surface area contributed by atoms with Crippen molar-refractivity contribution in [1.29, 1.82) is 0 Å². The van der Waals surface area contributed by atoms with Crippen LogP contribution in [0.4, 0.5) is 17.1 Å². The molecule has 24 heavy (non-hydrogen) atoms. The molecule has 5 heteroatoms. The Balaban J connectivity index is 2.22. The van der Waals surface area contributed by atoms with E-state index in [-0.39, 0.29) is 5.92 Å². The third kappa shape index (κ3) is 3.61. The first-order chi connectivity index (χ1) is 11.5.